The fourth-order valence-electron chi connectivity index (χ4n) is 4.45. The first-order valence-corrected chi connectivity index (χ1v) is 13.8. The Bertz CT molecular complexity index is 1280. The van der Waals surface area contributed by atoms with Crippen molar-refractivity contribution in [1.29, 1.82) is 0 Å². The van der Waals surface area contributed by atoms with E-state index >= 15 is 0 Å². The van der Waals surface area contributed by atoms with Gasteiger partial charge < -0.3 is 9.64 Å². The third-order valence-corrected chi connectivity index (χ3v) is 8.27. The molecule has 0 spiro atoms. The molecule has 1 fully saturated rings. The maximum atomic E-state index is 13.4. The predicted octanol–water partition coefficient (Wildman–Crippen LogP) is 4.77. The number of hydrogen-bond donors (Lipinski definition) is 0. The first-order valence-electron chi connectivity index (χ1n) is 12.3. The van der Waals surface area contributed by atoms with Crippen LogP contribution in [0.1, 0.15) is 62.5 Å². The first-order chi connectivity index (χ1) is 17.0. The summed E-state index contributed by atoms with van der Waals surface area (Å²) in [5.41, 5.74) is 2.50. The number of unbranched alkanes of at least 4 members (excludes halogenated alkanes) is 1. The Balaban J connectivity index is 1.65. The van der Waals surface area contributed by atoms with Crippen molar-refractivity contribution in [3.63, 3.8) is 0 Å². The highest BCUT2D eigenvalue weighted by molar-refractivity contribution is 7.91. The molecule has 2 heterocycles. The molecule has 0 radical (unpaired) electrons. The van der Waals surface area contributed by atoms with Crippen molar-refractivity contribution >= 4 is 33.4 Å². The lowest BCUT2D eigenvalue weighted by atomic mass is 9.99. The zero-order valence-electron chi connectivity index (χ0n) is 21.2. The van der Waals surface area contributed by atoms with Gasteiger partial charge in [0.05, 0.1) is 5.69 Å². The lowest BCUT2D eigenvalue weighted by molar-refractivity contribution is -0.119. The molecule has 0 aliphatic carbocycles. The highest BCUT2D eigenvalue weighted by atomic mass is 32.2. The average molecular weight is 512 g/mol. The molecule has 2 aromatic carbocycles. The van der Waals surface area contributed by atoms with Crippen molar-refractivity contribution < 1.29 is 22.7 Å². The molecule has 0 N–H and O–H groups in total. The van der Waals surface area contributed by atoms with Gasteiger partial charge in [0, 0.05) is 19.6 Å². The molecule has 9 heteroatoms. The summed E-state index contributed by atoms with van der Waals surface area (Å²) in [7, 11) is -3.93. The van der Waals surface area contributed by atoms with Gasteiger partial charge in [-0.1, -0.05) is 49.7 Å². The minimum absolute atomic E-state index is 0.0171. The quantitative estimate of drug-likeness (QED) is 0.576. The van der Waals surface area contributed by atoms with Gasteiger partial charge in [-0.05, 0) is 62.4 Å². The van der Waals surface area contributed by atoms with Gasteiger partial charge in [0.15, 0.2) is 5.25 Å². The number of benzene rings is 2. The van der Waals surface area contributed by atoms with E-state index in [0.29, 0.717) is 37.2 Å². The average Bonchev–Trinajstić information content (AvgIpc) is 3.00. The Morgan fingerprint density at radius 3 is 2.50 bits per heavy atom. The number of amides is 2. The van der Waals surface area contributed by atoms with Crippen LogP contribution < -0.4 is 0 Å². The standard InChI is InChI=1S/C27H33N3O5S/c1-5-6-15-30-25(31)23(24(36(30,33)34)19-10-8-7-9-11-19)28-22-13-12-21-18-29(16-14-20(21)17-22)26(32)35-27(2,3)4/h7-13,17,24H,5-6,14-16,18H2,1-4H3. The van der Waals surface area contributed by atoms with E-state index in [9.17, 15) is 18.0 Å². The molecule has 2 aromatic rings. The minimum Gasteiger partial charge on any atom is -0.444 e. The van der Waals surface area contributed by atoms with Crippen LogP contribution in [0.5, 0.6) is 0 Å². The van der Waals surface area contributed by atoms with Gasteiger partial charge in [0.2, 0.25) is 0 Å². The second kappa shape index (κ2) is 10.0. The van der Waals surface area contributed by atoms with Crippen LogP contribution >= 0.6 is 0 Å². The summed E-state index contributed by atoms with van der Waals surface area (Å²) in [5, 5.41) is -1.14. The monoisotopic (exact) mass is 511 g/mol. The molecular weight excluding hydrogens is 478 g/mol. The molecule has 8 nitrogen and oxygen atoms in total. The smallest absolute Gasteiger partial charge is 0.410 e. The van der Waals surface area contributed by atoms with Gasteiger partial charge >= 0.3 is 6.09 Å². The summed E-state index contributed by atoms with van der Waals surface area (Å²) >= 11 is 0. The summed E-state index contributed by atoms with van der Waals surface area (Å²) in [4.78, 5) is 32.0. The number of carbonyl (C=O) groups is 2. The van der Waals surface area contributed by atoms with Crippen molar-refractivity contribution in [2.24, 2.45) is 4.99 Å². The Hall–Kier alpha value is -3.20. The summed E-state index contributed by atoms with van der Waals surface area (Å²) in [6.07, 6.45) is 1.63. The van der Waals surface area contributed by atoms with Gasteiger partial charge in [-0.15, -0.1) is 0 Å². The van der Waals surface area contributed by atoms with Gasteiger partial charge in [-0.3, -0.25) is 4.79 Å². The highest BCUT2D eigenvalue weighted by Gasteiger charge is 2.50. The molecule has 1 atom stereocenters. The van der Waals surface area contributed by atoms with Crippen LogP contribution in [0.4, 0.5) is 10.5 Å². The molecular formula is C27H33N3O5S. The maximum absolute atomic E-state index is 13.4. The van der Waals surface area contributed by atoms with Gasteiger partial charge in [0.25, 0.3) is 15.9 Å². The van der Waals surface area contributed by atoms with Crippen LogP contribution in [0.15, 0.2) is 53.5 Å². The Labute approximate surface area is 213 Å². The van der Waals surface area contributed by atoms with Crippen LogP contribution in [0.25, 0.3) is 0 Å². The normalized spacial score (nSPS) is 20.5. The van der Waals surface area contributed by atoms with Crippen LogP contribution in [-0.4, -0.2) is 54.0 Å². The van der Waals surface area contributed by atoms with E-state index in [-0.39, 0.29) is 18.3 Å². The lowest BCUT2D eigenvalue weighted by Gasteiger charge is -2.31. The Morgan fingerprint density at radius 1 is 1.11 bits per heavy atom. The maximum Gasteiger partial charge on any atom is 0.410 e. The van der Waals surface area contributed by atoms with Gasteiger partial charge in [-0.2, -0.15) is 0 Å². The number of rotatable bonds is 5. The number of nitrogens with zero attached hydrogens (tertiary/aromatic N) is 3. The van der Waals surface area contributed by atoms with Gasteiger partial charge in [0.1, 0.15) is 11.3 Å². The van der Waals surface area contributed by atoms with Crippen LogP contribution in [0.2, 0.25) is 0 Å². The van der Waals surface area contributed by atoms with Crippen molar-refractivity contribution in [1.82, 2.24) is 9.21 Å². The largest absolute Gasteiger partial charge is 0.444 e. The second-order valence-corrected chi connectivity index (χ2v) is 12.1. The van der Waals surface area contributed by atoms with Gasteiger partial charge in [-0.25, -0.2) is 22.5 Å². The number of carbonyl (C=O) groups excluding carboxylic acids is 2. The molecule has 2 amide bonds. The molecule has 36 heavy (non-hydrogen) atoms. The number of fused-ring (bicyclic) bond motifs is 1. The number of ether oxygens (including phenoxy) is 1. The summed E-state index contributed by atoms with van der Waals surface area (Å²) in [6, 6.07) is 14.3. The zero-order valence-corrected chi connectivity index (χ0v) is 22.0. The Kier molecular flexibility index (Phi) is 7.22. The summed E-state index contributed by atoms with van der Waals surface area (Å²) < 4.78 is 33.3. The third-order valence-electron chi connectivity index (χ3n) is 6.22. The number of aliphatic imine (C=N–C) groups is 1. The Morgan fingerprint density at radius 2 is 1.83 bits per heavy atom. The minimum atomic E-state index is -3.93. The SMILES string of the molecule is CCCCN1C(=O)C(=Nc2ccc3c(c2)CCN(C(=O)OC(C)(C)C)C3)C(c2ccccc2)S1(=O)=O. The third kappa shape index (κ3) is 5.31. The number of hydrogen-bond acceptors (Lipinski definition) is 6. The van der Waals surface area contributed by atoms with E-state index in [4.69, 9.17) is 4.74 Å². The molecule has 0 saturated carbocycles. The van der Waals surface area contributed by atoms with Crippen molar-refractivity contribution in [3.05, 3.63) is 65.2 Å². The topological polar surface area (TPSA) is 96.3 Å². The fraction of sp³-hybridized carbons (Fsp3) is 0.444. The van der Waals surface area contributed by atoms with Crippen LogP contribution in [0.3, 0.4) is 0 Å². The second-order valence-electron chi connectivity index (χ2n) is 10.2. The fourth-order valence-corrected chi connectivity index (χ4v) is 6.35. The molecule has 0 bridgehead atoms. The predicted molar refractivity (Wildman–Crippen MR) is 139 cm³/mol. The van der Waals surface area contributed by atoms with E-state index < -0.39 is 26.8 Å². The van der Waals surface area contributed by atoms with E-state index in [1.807, 2.05) is 45.9 Å². The highest BCUT2D eigenvalue weighted by Crippen LogP contribution is 2.36. The lowest BCUT2D eigenvalue weighted by Crippen LogP contribution is -2.39. The zero-order chi connectivity index (χ0) is 26.1. The van der Waals surface area contributed by atoms with Crippen LogP contribution in [-0.2, 0) is 32.5 Å². The molecule has 1 unspecified atom stereocenters. The van der Waals surface area contributed by atoms with Crippen molar-refractivity contribution in [2.45, 2.75) is 64.4 Å². The van der Waals surface area contributed by atoms with Crippen LogP contribution in [0, 0.1) is 0 Å². The molecule has 2 aliphatic heterocycles. The van der Waals surface area contributed by atoms with Crippen molar-refractivity contribution in [2.75, 3.05) is 13.1 Å². The summed E-state index contributed by atoms with van der Waals surface area (Å²) in [5.74, 6) is -0.564. The first kappa shape index (κ1) is 25.9. The molecule has 4 rings (SSSR count). The van der Waals surface area contributed by atoms with E-state index in [1.165, 1.54) is 0 Å². The number of sulfonamides is 1. The molecule has 1 saturated heterocycles. The molecule has 0 aromatic heterocycles. The summed E-state index contributed by atoms with van der Waals surface area (Å²) in [6.45, 7) is 8.54. The van der Waals surface area contributed by atoms with E-state index in [1.54, 1.807) is 35.2 Å². The van der Waals surface area contributed by atoms with Crippen molar-refractivity contribution in [3.8, 4) is 0 Å². The molecule has 2 aliphatic rings. The van der Waals surface area contributed by atoms with E-state index in [2.05, 4.69) is 4.99 Å². The van der Waals surface area contributed by atoms with E-state index in [0.717, 1.165) is 21.9 Å². The molecule has 192 valence electrons.